The number of benzene rings is 2. The fraction of sp³-hybridized carbons (Fsp3) is 0.406. The summed E-state index contributed by atoms with van der Waals surface area (Å²) in [4.78, 5) is 20.1. The molecule has 2 N–H and O–H groups in total. The Balaban J connectivity index is 0.00000316. The van der Waals surface area contributed by atoms with E-state index < -0.39 is 24.2 Å². The fourth-order valence-corrected chi connectivity index (χ4v) is 6.65. The first-order valence-electron chi connectivity index (χ1n) is 14.4. The van der Waals surface area contributed by atoms with E-state index in [1.165, 1.54) is 0 Å². The van der Waals surface area contributed by atoms with Crippen LogP contribution in [-0.2, 0) is 4.74 Å². The van der Waals surface area contributed by atoms with E-state index in [1.54, 1.807) is 28.9 Å². The Hall–Kier alpha value is -3.56. The molecule has 3 aliphatic rings. The third-order valence-corrected chi connectivity index (χ3v) is 9.08. The molecule has 4 aromatic rings. The van der Waals surface area contributed by atoms with Gasteiger partial charge >= 0.3 is 6.09 Å². The highest BCUT2D eigenvalue weighted by atomic mass is 35.5. The van der Waals surface area contributed by atoms with Crippen molar-refractivity contribution in [3.8, 4) is 11.1 Å². The van der Waals surface area contributed by atoms with Crippen LogP contribution in [0.5, 0.6) is 0 Å². The van der Waals surface area contributed by atoms with Gasteiger partial charge in [0, 0.05) is 31.0 Å². The van der Waals surface area contributed by atoms with Crippen molar-refractivity contribution in [1.29, 1.82) is 0 Å². The van der Waals surface area contributed by atoms with E-state index in [-0.39, 0.29) is 37.2 Å². The molecule has 10 heteroatoms. The second-order valence-electron chi connectivity index (χ2n) is 11.8. The van der Waals surface area contributed by atoms with E-state index in [0.717, 1.165) is 40.7 Å². The number of ether oxygens (including phenoxy) is 1. The van der Waals surface area contributed by atoms with Gasteiger partial charge in [-0.2, -0.15) is 5.10 Å². The molecular weight excluding hydrogens is 560 g/mol. The zero-order valence-electron chi connectivity index (χ0n) is 23.3. The highest BCUT2D eigenvalue weighted by molar-refractivity contribution is 5.85. The summed E-state index contributed by atoms with van der Waals surface area (Å²) in [6.07, 6.45) is 5.23. The van der Waals surface area contributed by atoms with Crippen molar-refractivity contribution < 1.29 is 18.3 Å². The summed E-state index contributed by atoms with van der Waals surface area (Å²) in [5, 5.41) is 4.59. The van der Waals surface area contributed by atoms with Gasteiger partial charge in [-0.1, -0.05) is 48.5 Å². The molecule has 3 aliphatic carbocycles. The molecule has 2 fully saturated rings. The van der Waals surface area contributed by atoms with Gasteiger partial charge in [0.2, 0.25) is 5.92 Å². The van der Waals surface area contributed by atoms with Crippen LogP contribution in [0, 0.1) is 11.8 Å². The van der Waals surface area contributed by atoms with Crippen LogP contribution < -0.4 is 5.73 Å². The summed E-state index contributed by atoms with van der Waals surface area (Å²) in [5.41, 5.74) is 12.8. The van der Waals surface area contributed by atoms with Gasteiger partial charge in [0.15, 0.2) is 11.8 Å². The lowest BCUT2D eigenvalue weighted by Gasteiger charge is -2.31. The first-order valence-corrected chi connectivity index (χ1v) is 14.4. The SMILES string of the molecule is CN(C(=O)OC1c2ccccc2-c2ccccc21)[C@@H](c1cnn2cc([C@@H](N)C3CCC(F)(F)CC3)nc2c1)C1CC1.Cl. The van der Waals surface area contributed by atoms with Crippen LogP contribution in [0.3, 0.4) is 0 Å². The number of amides is 1. The lowest BCUT2D eigenvalue weighted by molar-refractivity contribution is -0.0484. The Morgan fingerprint density at radius 2 is 1.64 bits per heavy atom. The molecule has 2 saturated carbocycles. The average molecular weight is 594 g/mol. The summed E-state index contributed by atoms with van der Waals surface area (Å²) in [5.74, 6) is -2.33. The van der Waals surface area contributed by atoms with Crippen molar-refractivity contribution >= 4 is 24.1 Å². The molecule has 1 amide bonds. The molecule has 220 valence electrons. The molecule has 2 aromatic carbocycles. The van der Waals surface area contributed by atoms with E-state index in [4.69, 9.17) is 15.5 Å². The molecule has 7 rings (SSSR count). The lowest BCUT2D eigenvalue weighted by atomic mass is 9.81. The molecular formula is C32H34ClF2N5O2. The molecule has 0 bridgehead atoms. The van der Waals surface area contributed by atoms with Gasteiger partial charge in [0.05, 0.1) is 30.2 Å². The Morgan fingerprint density at radius 1 is 1.02 bits per heavy atom. The third kappa shape index (κ3) is 5.13. The number of rotatable bonds is 6. The Bertz CT molecular complexity index is 1570. The number of halogens is 3. The van der Waals surface area contributed by atoms with E-state index in [1.807, 2.05) is 42.5 Å². The van der Waals surface area contributed by atoms with E-state index in [0.29, 0.717) is 30.1 Å². The fourth-order valence-electron chi connectivity index (χ4n) is 6.65. The summed E-state index contributed by atoms with van der Waals surface area (Å²) in [6.45, 7) is 0. The number of fused-ring (bicyclic) bond motifs is 4. The van der Waals surface area contributed by atoms with Crippen LogP contribution in [0.25, 0.3) is 16.8 Å². The Morgan fingerprint density at radius 3 is 2.26 bits per heavy atom. The van der Waals surface area contributed by atoms with Gasteiger partial charge in [-0.15, -0.1) is 12.4 Å². The topological polar surface area (TPSA) is 85.8 Å². The van der Waals surface area contributed by atoms with E-state index >= 15 is 0 Å². The average Bonchev–Trinajstić information content (AvgIpc) is 3.64. The first kappa shape index (κ1) is 28.6. The van der Waals surface area contributed by atoms with Crippen LogP contribution in [-0.4, -0.2) is 38.6 Å². The minimum atomic E-state index is -2.60. The van der Waals surface area contributed by atoms with E-state index in [2.05, 4.69) is 17.2 Å². The Labute approximate surface area is 249 Å². The number of hydrogen-bond donors (Lipinski definition) is 1. The zero-order chi connectivity index (χ0) is 28.3. The monoisotopic (exact) mass is 593 g/mol. The molecule has 7 nitrogen and oxygen atoms in total. The Kier molecular flexibility index (Phi) is 7.43. The van der Waals surface area contributed by atoms with Gasteiger partial charge in [-0.25, -0.2) is 23.1 Å². The van der Waals surface area contributed by atoms with Crippen LogP contribution in [0.1, 0.15) is 79.1 Å². The van der Waals surface area contributed by atoms with Gasteiger partial charge in [-0.05, 0) is 60.3 Å². The predicted octanol–water partition coefficient (Wildman–Crippen LogP) is 7.27. The maximum atomic E-state index is 13.7. The second kappa shape index (κ2) is 10.9. The van der Waals surface area contributed by atoms with Gasteiger partial charge in [0.25, 0.3) is 0 Å². The minimum Gasteiger partial charge on any atom is -0.436 e. The van der Waals surface area contributed by atoms with Crippen molar-refractivity contribution in [2.75, 3.05) is 7.05 Å². The maximum absolute atomic E-state index is 13.7. The smallest absolute Gasteiger partial charge is 0.410 e. The molecule has 2 atom stereocenters. The first-order chi connectivity index (χ1) is 19.8. The van der Waals surface area contributed by atoms with Crippen LogP contribution in [0.2, 0.25) is 0 Å². The number of nitrogens with zero attached hydrogens (tertiary/aromatic N) is 4. The number of imidazole rings is 1. The lowest BCUT2D eigenvalue weighted by Crippen LogP contribution is -2.34. The van der Waals surface area contributed by atoms with Gasteiger partial charge in [-0.3, -0.25) is 0 Å². The van der Waals surface area contributed by atoms with Crippen LogP contribution in [0.15, 0.2) is 67.0 Å². The number of carbonyl (C=O) groups excluding carboxylic acids is 1. The summed E-state index contributed by atoms with van der Waals surface area (Å²) in [7, 11) is 1.79. The van der Waals surface area contributed by atoms with Crippen LogP contribution in [0.4, 0.5) is 13.6 Å². The standard InChI is InChI=1S/C32H33F2N5O2.ClH/c1-38(31(40)41-30-24-8-4-2-6-22(24)23-7-3-5-9-25(23)30)29(20-10-11-20)21-16-27-37-26(18-39(27)36-17-21)28(35)19-12-14-32(33,34)15-13-19;/h2-9,16-20,28-30H,10-15,35H2,1H3;1H/t28-,29+;/m0./s1. The van der Waals surface area contributed by atoms with Gasteiger partial charge < -0.3 is 15.4 Å². The summed E-state index contributed by atoms with van der Waals surface area (Å²) >= 11 is 0. The highest BCUT2D eigenvalue weighted by Gasteiger charge is 2.40. The van der Waals surface area contributed by atoms with E-state index in [9.17, 15) is 13.6 Å². The molecule has 2 aromatic heterocycles. The second-order valence-corrected chi connectivity index (χ2v) is 11.8. The zero-order valence-corrected chi connectivity index (χ0v) is 24.1. The number of alkyl halides is 2. The number of nitrogens with two attached hydrogens (primary N) is 1. The molecule has 0 spiro atoms. The molecule has 0 aliphatic heterocycles. The van der Waals surface area contributed by atoms with Gasteiger partial charge in [0.1, 0.15) is 0 Å². The minimum absolute atomic E-state index is 0. The summed E-state index contributed by atoms with van der Waals surface area (Å²) in [6, 6.07) is 17.4. The maximum Gasteiger partial charge on any atom is 0.410 e. The molecule has 42 heavy (non-hydrogen) atoms. The van der Waals surface area contributed by atoms with Crippen molar-refractivity contribution in [3.05, 3.63) is 89.4 Å². The third-order valence-electron chi connectivity index (χ3n) is 9.08. The number of carbonyl (C=O) groups is 1. The molecule has 0 unspecified atom stereocenters. The van der Waals surface area contributed by atoms with Crippen molar-refractivity contribution in [2.45, 2.75) is 62.6 Å². The largest absolute Gasteiger partial charge is 0.436 e. The normalized spacial score (nSPS) is 19.4. The highest BCUT2D eigenvalue weighted by Crippen LogP contribution is 2.47. The van der Waals surface area contributed by atoms with Crippen molar-refractivity contribution in [1.82, 2.24) is 19.5 Å². The van der Waals surface area contributed by atoms with Crippen LogP contribution >= 0.6 is 12.4 Å². The van der Waals surface area contributed by atoms with Crippen molar-refractivity contribution in [3.63, 3.8) is 0 Å². The van der Waals surface area contributed by atoms with Crippen molar-refractivity contribution in [2.24, 2.45) is 17.6 Å². The molecule has 0 saturated heterocycles. The quantitative estimate of drug-likeness (QED) is 0.254. The summed E-state index contributed by atoms with van der Waals surface area (Å²) < 4.78 is 35.2. The molecule has 2 heterocycles. The number of hydrogen-bond acceptors (Lipinski definition) is 5. The molecule has 0 radical (unpaired) electrons. The number of aromatic nitrogens is 3. The predicted molar refractivity (Wildman–Crippen MR) is 157 cm³/mol.